The minimum absolute atomic E-state index is 0.0160. The Kier molecular flexibility index (Phi) is 3.19. The average Bonchev–Trinajstić information content (AvgIpc) is 2.77. The second-order valence-electron chi connectivity index (χ2n) is 4.03. The van der Waals surface area contributed by atoms with E-state index in [1.807, 2.05) is 7.05 Å². The van der Waals surface area contributed by atoms with Gasteiger partial charge in [0.05, 0.1) is 0 Å². The third-order valence-corrected chi connectivity index (χ3v) is 2.97. The van der Waals surface area contributed by atoms with Crippen LogP contribution in [-0.2, 0) is 0 Å². The molecule has 1 atom stereocenters. The van der Waals surface area contributed by atoms with Crippen LogP contribution < -0.4 is 5.32 Å². The van der Waals surface area contributed by atoms with Gasteiger partial charge in [-0.1, -0.05) is 0 Å². The average molecular weight is 222 g/mol. The SMILES string of the molecule is CN[C@@H]1CCN(C(=O)c2ccc(F)cc2)C1. The number of hydrogen-bond acceptors (Lipinski definition) is 2. The molecule has 2 rings (SSSR count). The highest BCUT2D eigenvalue weighted by atomic mass is 19.1. The van der Waals surface area contributed by atoms with Gasteiger partial charge in [0.2, 0.25) is 0 Å². The molecule has 1 fully saturated rings. The Morgan fingerprint density at radius 2 is 2.12 bits per heavy atom. The summed E-state index contributed by atoms with van der Waals surface area (Å²) in [6.07, 6.45) is 0.976. The number of likely N-dealkylation sites (N-methyl/N-ethyl adjacent to an activating group) is 1. The minimum atomic E-state index is -0.314. The molecule has 4 heteroatoms. The van der Waals surface area contributed by atoms with Crippen molar-refractivity contribution in [1.29, 1.82) is 0 Å². The van der Waals surface area contributed by atoms with Crippen molar-refractivity contribution in [2.45, 2.75) is 12.5 Å². The molecule has 0 bridgehead atoms. The van der Waals surface area contributed by atoms with Gasteiger partial charge < -0.3 is 10.2 Å². The Balaban J connectivity index is 2.05. The Hall–Kier alpha value is -1.42. The molecule has 1 aromatic rings. The molecule has 16 heavy (non-hydrogen) atoms. The van der Waals surface area contributed by atoms with Crippen molar-refractivity contribution < 1.29 is 9.18 Å². The summed E-state index contributed by atoms with van der Waals surface area (Å²) in [5.74, 6) is -0.330. The van der Waals surface area contributed by atoms with Crippen molar-refractivity contribution in [2.24, 2.45) is 0 Å². The third-order valence-electron chi connectivity index (χ3n) is 2.97. The van der Waals surface area contributed by atoms with Crippen molar-refractivity contribution in [3.63, 3.8) is 0 Å². The highest BCUT2D eigenvalue weighted by Gasteiger charge is 2.25. The zero-order valence-corrected chi connectivity index (χ0v) is 9.24. The molecule has 0 saturated carbocycles. The first-order valence-corrected chi connectivity index (χ1v) is 5.43. The van der Waals surface area contributed by atoms with Gasteiger partial charge in [-0.2, -0.15) is 0 Å². The maximum absolute atomic E-state index is 12.7. The molecule has 1 aromatic carbocycles. The Morgan fingerprint density at radius 1 is 1.44 bits per heavy atom. The van der Waals surface area contributed by atoms with E-state index in [4.69, 9.17) is 0 Å². The predicted octanol–water partition coefficient (Wildman–Crippen LogP) is 1.26. The van der Waals surface area contributed by atoms with Crippen LogP contribution in [0.25, 0.3) is 0 Å². The maximum atomic E-state index is 12.7. The van der Waals surface area contributed by atoms with Crippen molar-refractivity contribution in [2.75, 3.05) is 20.1 Å². The van der Waals surface area contributed by atoms with Crippen molar-refractivity contribution in [3.8, 4) is 0 Å². The van der Waals surface area contributed by atoms with Crippen LogP contribution in [0.3, 0.4) is 0 Å². The summed E-state index contributed by atoms with van der Waals surface area (Å²) in [5.41, 5.74) is 0.554. The summed E-state index contributed by atoms with van der Waals surface area (Å²) in [7, 11) is 1.90. The van der Waals surface area contributed by atoms with Gasteiger partial charge in [0.25, 0.3) is 5.91 Å². The number of carbonyl (C=O) groups excluding carboxylic acids is 1. The van der Waals surface area contributed by atoms with E-state index in [1.54, 1.807) is 4.90 Å². The van der Waals surface area contributed by atoms with E-state index in [-0.39, 0.29) is 11.7 Å². The summed E-state index contributed by atoms with van der Waals surface area (Å²) in [4.78, 5) is 13.8. The van der Waals surface area contributed by atoms with Gasteiger partial charge in [-0.05, 0) is 37.7 Å². The summed E-state index contributed by atoms with van der Waals surface area (Å²) >= 11 is 0. The highest BCUT2D eigenvalue weighted by molar-refractivity contribution is 5.94. The number of carbonyl (C=O) groups is 1. The minimum Gasteiger partial charge on any atom is -0.337 e. The topological polar surface area (TPSA) is 32.3 Å². The molecule has 1 saturated heterocycles. The monoisotopic (exact) mass is 222 g/mol. The molecule has 1 N–H and O–H groups in total. The fraction of sp³-hybridized carbons (Fsp3) is 0.417. The first-order chi connectivity index (χ1) is 7.70. The molecule has 1 aliphatic heterocycles. The molecule has 0 spiro atoms. The van der Waals surface area contributed by atoms with Crippen LogP contribution >= 0.6 is 0 Å². The molecule has 0 aromatic heterocycles. The standard InChI is InChI=1S/C12H15FN2O/c1-14-11-6-7-15(8-11)12(16)9-2-4-10(13)5-3-9/h2-5,11,14H,6-8H2,1H3/t11-/m1/s1. The van der Waals surface area contributed by atoms with Gasteiger partial charge in [0.15, 0.2) is 0 Å². The van der Waals surface area contributed by atoms with Gasteiger partial charge in [-0.25, -0.2) is 4.39 Å². The van der Waals surface area contributed by atoms with E-state index in [2.05, 4.69) is 5.32 Å². The van der Waals surface area contributed by atoms with E-state index in [1.165, 1.54) is 24.3 Å². The first kappa shape index (κ1) is 11.1. The quantitative estimate of drug-likeness (QED) is 0.817. The largest absolute Gasteiger partial charge is 0.337 e. The predicted molar refractivity (Wildman–Crippen MR) is 59.8 cm³/mol. The normalized spacial score (nSPS) is 20.1. The van der Waals surface area contributed by atoms with Crippen molar-refractivity contribution >= 4 is 5.91 Å². The third kappa shape index (κ3) is 2.22. The number of benzene rings is 1. The molecule has 1 amide bonds. The number of hydrogen-bond donors (Lipinski definition) is 1. The number of halogens is 1. The van der Waals surface area contributed by atoms with Gasteiger partial charge >= 0.3 is 0 Å². The van der Waals surface area contributed by atoms with Crippen LogP contribution in [0.15, 0.2) is 24.3 Å². The van der Waals surface area contributed by atoms with Gasteiger partial charge in [0.1, 0.15) is 5.82 Å². The van der Waals surface area contributed by atoms with E-state index in [0.717, 1.165) is 19.5 Å². The van der Waals surface area contributed by atoms with Crippen LogP contribution in [0.4, 0.5) is 4.39 Å². The lowest BCUT2D eigenvalue weighted by Crippen LogP contribution is -2.33. The molecule has 1 aliphatic rings. The van der Waals surface area contributed by atoms with E-state index in [0.29, 0.717) is 11.6 Å². The van der Waals surface area contributed by atoms with Gasteiger partial charge in [-0.15, -0.1) is 0 Å². The number of amides is 1. The molecule has 3 nitrogen and oxygen atoms in total. The molecule has 0 aliphatic carbocycles. The highest BCUT2D eigenvalue weighted by Crippen LogP contribution is 2.13. The number of nitrogens with zero attached hydrogens (tertiary/aromatic N) is 1. The molecular weight excluding hydrogens is 207 g/mol. The summed E-state index contributed by atoms with van der Waals surface area (Å²) in [6, 6.07) is 6.08. The van der Waals surface area contributed by atoms with Gasteiger partial charge in [-0.3, -0.25) is 4.79 Å². The smallest absolute Gasteiger partial charge is 0.253 e. The van der Waals surface area contributed by atoms with Crippen LogP contribution in [0.5, 0.6) is 0 Å². The lowest BCUT2D eigenvalue weighted by atomic mass is 10.2. The summed E-state index contributed by atoms with van der Waals surface area (Å²) in [6.45, 7) is 1.49. The fourth-order valence-electron chi connectivity index (χ4n) is 1.96. The second-order valence-corrected chi connectivity index (χ2v) is 4.03. The van der Waals surface area contributed by atoms with Crippen molar-refractivity contribution in [3.05, 3.63) is 35.6 Å². The van der Waals surface area contributed by atoms with Crippen LogP contribution in [0.2, 0.25) is 0 Å². The number of likely N-dealkylation sites (tertiary alicyclic amines) is 1. The molecule has 0 unspecified atom stereocenters. The summed E-state index contributed by atoms with van der Waals surface area (Å²) < 4.78 is 12.7. The van der Waals surface area contributed by atoms with Gasteiger partial charge in [0, 0.05) is 24.7 Å². The van der Waals surface area contributed by atoms with Crippen LogP contribution in [0.1, 0.15) is 16.8 Å². The van der Waals surface area contributed by atoms with E-state index < -0.39 is 0 Å². The van der Waals surface area contributed by atoms with Crippen LogP contribution in [0, 0.1) is 5.82 Å². The fourth-order valence-corrected chi connectivity index (χ4v) is 1.96. The van der Waals surface area contributed by atoms with Crippen molar-refractivity contribution in [1.82, 2.24) is 10.2 Å². The lowest BCUT2D eigenvalue weighted by Gasteiger charge is -2.16. The Morgan fingerprint density at radius 3 is 2.69 bits per heavy atom. The zero-order valence-electron chi connectivity index (χ0n) is 9.24. The molecule has 1 heterocycles. The molecular formula is C12H15FN2O. The van der Waals surface area contributed by atoms with E-state index in [9.17, 15) is 9.18 Å². The number of rotatable bonds is 2. The Bertz CT molecular complexity index is 377. The Labute approximate surface area is 94.3 Å². The van der Waals surface area contributed by atoms with Crippen LogP contribution in [-0.4, -0.2) is 37.0 Å². The summed E-state index contributed by atoms with van der Waals surface area (Å²) in [5, 5.41) is 3.16. The first-order valence-electron chi connectivity index (χ1n) is 5.43. The van der Waals surface area contributed by atoms with E-state index >= 15 is 0 Å². The lowest BCUT2D eigenvalue weighted by molar-refractivity contribution is 0.0789. The number of nitrogens with one attached hydrogen (secondary N) is 1. The molecule has 86 valence electrons. The second kappa shape index (κ2) is 4.61. The maximum Gasteiger partial charge on any atom is 0.253 e. The molecule has 0 radical (unpaired) electrons. The zero-order chi connectivity index (χ0) is 11.5.